The normalized spacial score (nSPS) is 14.1. The van der Waals surface area contributed by atoms with Gasteiger partial charge < -0.3 is 19.7 Å². The van der Waals surface area contributed by atoms with Crippen molar-refractivity contribution in [1.82, 2.24) is 10.3 Å². The summed E-state index contributed by atoms with van der Waals surface area (Å²) in [5, 5.41) is 15.2. The number of hydrogen-bond donors (Lipinski definition) is 2. The third-order valence-electron chi connectivity index (χ3n) is 7.08. The first-order valence-corrected chi connectivity index (χ1v) is 13.8. The number of aromatic nitrogens is 1. The fraction of sp³-hybridized carbons (Fsp3) is 0.333. The van der Waals surface area contributed by atoms with Crippen LogP contribution in [0.3, 0.4) is 0 Å². The summed E-state index contributed by atoms with van der Waals surface area (Å²) in [7, 11) is 2.13. The van der Waals surface area contributed by atoms with Crippen molar-refractivity contribution in [3.63, 3.8) is 0 Å². The van der Waals surface area contributed by atoms with Crippen LogP contribution in [0, 0.1) is 0 Å². The monoisotopic (exact) mass is 515 g/mol. The van der Waals surface area contributed by atoms with E-state index in [1.807, 2.05) is 0 Å². The Morgan fingerprint density at radius 3 is 2.49 bits per heavy atom. The molecule has 2 aromatic carbocycles. The van der Waals surface area contributed by atoms with Gasteiger partial charge in [-0.3, -0.25) is 0 Å². The van der Waals surface area contributed by atoms with Crippen LogP contribution in [-0.2, 0) is 19.6 Å². The largest absolute Gasteiger partial charge is 0.475 e. The minimum absolute atomic E-state index is 0.0463. The first kappa shape index (κ1) is 25.2. The number of nitrogens with one attached hydrogen (secondary N) is 1. The number of aromatic carboxylic acids is 1. The van der Waals surface area contributed by atoms with Gasteiger partial charge in [-0.15, -0.1) is 11.3 Å². The number of thiazole rings is 1. The molecule has 2 aromatic heterocycles. The van der Waals surface area contributed by atoms with Crippen LogP contribution in [0.25, 0.3) is 11.3 Å². The van der Waals surface area contributed by atoms with Gasteiger partial charge >= 0.3 is 5.97 Å². The van der Waals surface area contributed by atoms with Gasteiger partial charge in [0.2, 0.25) is 5.76 Å². The van der Waals surface area contributed by atoms with Gasteiger partial charge in [-0.1, -0.05) is 55.7 Å². The zero-order valence-corrected chi connectivity index (χ0v) is 22.0. The molecule has 0 unspecified atom stereocenters. The second-order valence-electron chi connectivity index (χ2n) is 9.78. The number of rotatable bonds is 10. The predicted octanol–water partition coefficient (Wildman–Crippen LogP) is 7.08. The van der Waals surface area contributed by atoms with E-state index in [-0.39, 0.29) is 5.76 Å². The molecule has 0 spiro atoms. The van der Waals surface area contributed by atoms with E-state index in [4.69, 9.17) is 14.5 Å². The third kappa shape index (κ3) is 6.48. The van der Waals surface area contributed by atoms with Crippen molar-refractivity contribution in [1.29, 1.82) is 0 Å². The van der Waals surface area contributed by atoms with Gasteiger partial charge in [-0.05, 0) is 54.2 Å². The molecule has 0 aliphatic heterocycles. The van der Waals surface area contributed by atoms with Gasteiger partial charge in [-0.25, -0.2) is 9.78 Å². The molecule has 0 radical (unpaired) electrons. The van der Waals surface area contributed by atoms with Gasteiger partial charge in [0, 0.05) is 36.8 Å². The Kier molecular flexibility index (Phi) is 8.02. The van der Waals surface area contributed by atoms with E-state index >= 15 is 0 Å². The van der Waals surface area contributed by atoms with Crippen LogP contribution in [0.4, 0.5) is 5.69 Å². The third-order valence-corrected chi connectivity index (χ3v) is 7.93. The molecule has 0 amide bonds. The molecule has 7 heteroatoms. The summed E-state index contributed by atoms with van der Waals surface area (Å²) in [6.07, 6.45) is 6.80. The van der Waals surface area contributed by atoms with Crippen LogP contribution >= 0.6 is 11.3 Å². The van der Waals surface area contributed by atoms with Gasteiger partial charge in [0.1, 0.15) is 10.8 Å². The molecule has 2 N–H and O–H groups in total. The first-order chi connectivity index (χ1) is 18.0. The number of carboxylic acids is 1. The Balaban J connectivity index is 1.13. The highest BCUT2D eigenvalue weighted by Gasteiger charge is 2.15. The summed E-state index contributed by atoms with van der Waals surface area (Å²) >= 11 is 1.60. The van der Waals surface area contributed by atoms with Crippen molar-refractivity contribution < 1.29 is 14.3 Å². The molecule has 5 rings (SSSR count). The Bertz CT molecular complexity index is 1300. The number of carbonyl (C=O) groups is 1. The lowest BCUT2D eigenvalue weighted by molar-refractivity contribution is 0.0660. The quantitative estimate of drug-likeness (QED) is 0.235. The maximum atomic E-state index is 10.9. The maximum Gasteiger partial charge on any atom is 0.371 e. The Morgan fingerprint density at radius 1 is 1.03 bits per heavy atom. The molecular formula is C30H33N3O3S. The highest BCUT2D eigenvalue weighted by atomic mass is 32.1. The lowest BCUT2D eigenvalue weighted by atomic mass is 9.84. The first-order valence-electron chi connectivity index (χ1n) is 12.9. The number of nitrogens with zero attached hydrogens (tertiary/aromatic N) is 2. The fourth-order valence-corrected chi connectivity index (χ4v) is 5.76. The van der Waals surface area contributed by atoms with Crippen molar-refractivity contribution in [2.45, 2.75) is 57.7 Å². The molecular weight excluding hydrogens is 482 g/mol. The van der Waals surface area contributed by atoms with Crippen LogP contribution < -0.4 is 10.2 Å². The predicted molar refractivity (Wildman–Crippen MR) is 148 cm³/mol. The number of hydrogen-bond acceptors (Lipinski definition) is 6. The summed E-state index contributed by atoms with van der Waals surface area (Å²) < 4.78 is 5.27. The molecule has 192 valence electrons. The van der Waals surface area contributed by atoms with Gasteiger partial charge in [-0.2, -0.15) is 0 Å². The molecule has 6 nitrogen and oxygen atoms in total. The van der Waals surface area contributed by atoms with E-state index in [1.54, 1.807) is 17.4 Å². The number of furan rings is 1. The topological polar surface area (TPSA) is 78.6 Å². The van der Waals surface area contributed by atoms with E-state index in [0.29, 0.717) is 18.8 Å². The van der Waals surface area contributed by atoms with Crippen LogP contribution in [0.2, 0.25) is 0 Å². The van der Waals surface area contributed by atoms with E-state index in [2.05, 4.69) is 71.2 Å². The van der Waals surface area contributed by atoms with Crippen LogP contribution in [-0.4, -0.2) is 23.1 Å². The standard InChI is InChI=1S/C30H33N3O3S/c1-33(19-21-7-9-23(10-8-21)22-5-3-2-4-6-22)25-13-11-24(12-14-25)27-20-37-29(32-27)18-31-17-26-15-16-28(36-26)30(34)35/h7-16,20,22,31H,2-6,17-19H2,1H3,(H,34,35). The van der Waals surface area contributed by atoms with E-state index in [1.165, 1.54) is 55.0 Å². The molecule has 1 aliphatic carbocycles. The smallest absolute Gasteiger partial charge is 0.371 e. The van der Waals surface area contributed by atoms with Crippen molar-refractivity contribution >= 4 is 23.0 Å². The van der Waals surface area contributed by atoms with Crippen LogP contribution in [0.5, 0.6) is 0 Å². The zero-order chi connectivity index (χ0) is 25.6. The average molecular weight is 516 g/mol. The van der Waals surface area contributed by atoms with Crippen LogP contribution in [0.15, 0.2) is 70.5 Å². The van der Waals surface area contributed by atoms with Crippen molar-refractivity contribution in [2.24, 2.45) is 0 Å². The minimum atomic E-state index is -1.06. The highest BCUT2D eigenvalue weighted by Crippen LogP contribution is 2.33. The number of carboxylic acid groups (broad SMARTS) is 1. The van der Waals surface area contributed by atoms with Gasteiger partial charge in [0.15, 0.2) is 0 Å². The SMILES string of the molecule is CN(Cc1ccc(C2CCCCC2)cc1)c1ccc(-c2csc(CNCc3ccc(C(=O)O)o3)n2)cc1. The molecule has 2 heterocycles. The molecule has 0 bridgehead atoms. The lowest BCUT2D eigenvalue weighted by Crippen LogP contribution is -2.16. The Morgan fingerprint density at radius 2 is 1.78 bits per heavy atom. The summed E-state index contributed by atoms with van der Waals surface area (Å²) in [4.78, 5) is 18.0. The van der Waals surface area contributed by atoms with Gasteiger partial charge in [0.05, 0.1) is 12.2 Å². The average Bonchev–Trinajstić information content (AvgIpc) is 3.60. The van der Waals surface area contributed by atoms with Crippen molar-refractivity contribution in [2.75, 3.05) is 11.9 Å². The van der Waals surface area contributed by atoms with E-state index < -0.39 is 5.97 Å². The Hall–Kier alpha value is -3.42. The molecule has 4 aromatic rings. The maximum absolute atomic E-state index is 10.9. The summed E-state index contributed by atoms with van der Waals surface area (Å²) in [6.45, 7) is 1.92. The minimum Gasteiger partial charge on any atom is -0.475 e. The molecule has 1 fully saturated rings. The zero-order valence-electron chi connectivity index (χ0n) is 21.2. The summed E-state index contributed by atoms with van der Waals surface area (Å²) in [6, 6.07) is 20.9. The highest BCUT2D eigenvalue weighted by molar-refractivity contribution is 7.09. The Labute approximate surface area is 222 Å². The molecule has 0 saturated heterocycles. The molecule has 1 aliphatic rings. The number of benzene rings is 2. The van der Waals surface area contributed by atoms with Crippen molar-refractivity contribution in [3.8, 4) is 11.3 Å². The summed E-state index contributed by atoms with van der Waals surface area (Å²) in [5.41, 5.74) is 6.06. The summed E-state index contributed by atoms with van der Waals surface area (Å²) in [5.74, 6) is 0.235. The second-order valence-corrected chi connectivity index (χ2v) is 10.7. The molecule has 0 atom stereocenters. The second kappa shape index (κ2) is 11.8. The fourth-order valence-electron chi connectivity index (χ4n) is 4.99. The van der Waals surface area contributed by atoms with E-state index in [0.717, 1.165) is 28.7 Å². The van der Waals surface area contributed by atoms with E-state index in [9.17, 15) is 4.79 Å². The number of anilines is 1. The van der Waals surface area contributed by atoms with Crippen molar-refractivity contribution in [3.05, 3.63) is 93.7 Å². The van der Waals surface area contributed by atoms with Crippen LogP contribution in [0.1, 0.15) is 70.5 Å². The molecule has 1 saturated carbocycles. The molecule has 37 heavy (non-hydrogen) atoms. The van der Waals surface area contributed by atoms with Gasteiger partial charge in [0.25, 0.3) is 0 Å². The lowest BCUT2D eigenvalue weighted by Gasteiger charge is -2.23.